The summed E-state index contributed by atoms with van der Waals surface area (Å²) < 4.78 is 0. The lowest BCUT2D eigenvalue weighted by molar-refractivity contribution is 0.386. The van der Waals surface area contributed by atoms with Crippen LogP contribution in [0.2, 0.25) is 0 Å². The summed E-state index contributed by atoms with van der Waals surface area (Å²) in [6.07, 6.45) is 6.14. The average Bonchev–Trinajstić information content (AvgIpc) is 3.01. The van der Waals surface area contributed by atoms with E-state index in [1.54, 1.807) is 5.56 Å². The van der Waals surface area contributed by atoms with Gasteiger partial charge in [-0.1, -0.05) is 43.7 Å². The van der Waals surface area contributed by atoms with E-state index < -0.39 is 0 Å². The summed E-state index contributed by atoms with van der Waals surface area (Å²) in [6.45, 7) is 2.28. The maximum atomic E-state index is 3.91. The molecule has 20 heavy (non-hydrogen) atoms. The highest BCUT2D eigenvalue weighted by atomic mass is 32.1. The number of hydrogen-bond donors (Lipinski definition) is 1. The molecule has 1 aliphatic carbocycles. The first-order valence-corrected chi connectivity index (χ1v) is 8.61. The molecule has 1 nitrogen and oxygen atoms in total. The second kappa shape index (κ2) is 6.55. The Bertz CT molecular complexity index is 532. The summed E-state index contributed by atoms with van der Waals surface area (Å²) in [4.78, 5) is 1.49. The van der Waals surface area contributed by atoms with E-state index in [9.17, 15) is 0 Å². The van der Waals surface area contributed by atoms with Gasteiger partial charge in [0.2, 0.25) is 0 Å². The monoisotopic (exact) mass is 285 g/mol. The number of hydrogen-bond acceptors (Lipinski definition) is 2. The van der Waals surface area contributed by atoms with Crippen LogP contribution in [-0.4, -0.2) is 6.04 Å². The maximum absolute atomic E-state index is 3.91. The predicted molar refractivity (Wildman–Crippen MR) is 87.4 cm³/mol. The zero-order valence-electron chi connectivity index (χ0n) is 12.1. The van der Waals surface area contributed by atoms with Crippen LogP contribution in [0.3, 0.4) is 0 Å². The van der Waals surface area contributed by atoms with Crippen molar-refractivity contribution in [3.8, 4) is 0 Å². The van der Waals surface area contributed by atoms with Crippen LogP contribution in [0, 0.1) is 0 Å². The maximum Gasteiger partial charge on any atom is 0.0416 e. The van der Waals surface area contributed by atoms with Gasteiger partial charge in [-0.15, -0.1) is 11.3 Å². The summed E-state index contributed by atoms with van der Waals surface area (Å²) in [5, 5.41) is 6.10. The van der Waals surface area contributed by atoms with Gasteiger partial charge in [0, 0.05) is 17.0 Å². The highest BCUT2D eigenvalue weighted by molar-refractivity contribution is 7.10. The molecule has 2 aromatic rings. The lowest BCUT2D eigenvalue weighted by Crippen LogP contribution is -2.37. The summed E-state index contributed by atoms with van der Waals surface area (Å²) in [5.74, 6) is 0. The van der Waals surface area contributed by atoms with E-state index in [-0.39, 0.29) is 0 Å². The van der Waals surface area contributed by atoms with E-state index >= 15 is 0 Å². The first-order valence-electron chi connectivity index (χ1n) is 7.73. The Balaban J connectivity index is 1.68. The fraction of sp³-hybridized carbons (Fsp3) is 0.444. The van der Waals surface area contributed by atoms with Crippen LogP contribution in [0.4, 0.5) is 0 Å². The van der Waals surface area contributed by atoms with Crippen molar-refractivity contribution in [2.24, 2.45) is 0 Å². The van der Waals surface area contributed by atoms with E-state index in [1.807, 2.05) is 11.3 Å². The van der Waals surface area contributed by atoms with Crippen molar-refractivity contribution in [3.63, 3.8) is 0 Å². The minimum atomic E-state index is 0.537. The molecule has 0 spiro atoms. The largest absolute Gasteiger partial charge is 0.306 e. The third kappa shape index (κ3) is 3.13. The number of thiophene rings is 1. The number of rotatable bonds is 5. The molecule has 2 heteroatoms. The van der Waals surface area contributed by atoms with Crippen molar-refractivity contribution < 1.29 is 0 Å². The zero-order valence-corrected chi connectivity index (χ0v) is 13.0. The SMILES string of the molecule is CCCC(NC1CCc2ccccc2C1)c1cccs1. The second-order valence-electron chi connectivity index (χ2n) is 5.73. The summed E-state index contributed by atoms with van der Waals surface area (Å²) in [5.41, 5.74) is 3.09. The molecule has 2 atom stereocenters. The number of nitrogens with one attached hydrogen (secondary N) is 1. The van der Waals surface area contributed by atoms with Gasteiger partial charge in [0.05, 0.1) is 0 Å². The van der Waals surface area contributed by atoms with Gasteiger partial charge in [0.15, 0.2) is 0 Å². The van der Waals surface area contributed by atoms with Crippen molar-refractivity contribution >= 4 is 11.3 Å². The predicted octanol–water partition coefficient (Wildman–Crippen LogP) is 4.74. The van der Waals surface area contributed by atoms with Gasteiger partial charge in [-0.2, -0.15) is 0 Å². The third-order valence-electron chi connectivity index (χ3n) is 4.25. The first kappa shape index (κ1) is 13.8. The lowest BCUT2D eigenvalue weighted by Gasteiger charge is -2.29. The van der Waals surface area contributed by atoms with Crippen molar-refractivity contribution in [1.29, 1.82) is 0 Å². The molecule has 1 N–H and O–H groups in total. The second-order valence-corrected chi connectivity index (χ2v) is 6.71. The Labute approximate surface area is 126 Å². The van der Waals surface area contributed by atoms with Crippen LogP contribution < -0.4 is 5.32 Å². The normalized spacial score (nSPS) is 19.6. The van der Waals surface area contributed by atoms with Gasteiger partial charge in [0.1, 0.15) is 0 Å². The molecule has 0 amide bonds. The molecule has 106 valence electrons. The smallest absolute Gasteiger partial charge is 0.0416 e. The van der Waals surface area contributed by atoms with E-state index in [0.29, 0.717) is 12.1 Å². The molecule has 1 aliphatic rings. The topological polar surface area (TPSA) is 12.0 Å². The fourth-order valence-corrected chi connectivity index (χ4v) is 4.03. The van der Waals surface area contributed by atoms with Crippen LogP contribution in [0.1, 0.15) is 48.2 Å². The molecule has 2 unspecified atom stereocenters. The van der Waals surface area contributed by atoms with Crippen LogP contribution in [0.15, 0.2) is 41.8 Å². The minimum Gasteiger partial charge on any atom is -0.306 e. The molecule has 3 rings (SSSR count). The van der Waals surface area contributed by atoms with Gasteiger partial charge in [-0.25, -0.2) is 0 Å². The molecule has 0 bridgehead atoms. The fourth-order valence-electron chi connectivity index (χ4n) is 3.21. The van der Waals surface area contributed by atoms with Gasteiger partial charge in [0.25, 0.3) is 0 Å². The highest BCUT2D eigenvalue weighted by Gasteiger charge is 2.21. The summed E-state index contributed by atoms with van der Waals surface area (Å²) in [7, 11) is 0. The van der Waals surface area contributed by atoms with Crippen molar-refractivity contribution in [3.05, 3.63) is 57.8 Å². The number of fused-ring (bicyclic) bond motifs is 1. The summed E-state index contributed by atoms with van der Waals surface area (Å²) >= 11 is 1.88. The molecule has 0 fully saturated rings. The molecule has 0 saturated carbocycles. The van der Waals surface area contributed by atoms with E-state index in [2.05, 4.69) is 54.0 Å². The Hall–Kier alpha value is -1.12. The Kier molecular flexibility index (Phi) is 4.54. The van der Waals surface area contributed by atoms with E-state index in [4.69, 9.17) is 0 Å². The highest BCUT2D eigenvalue weighted by Crippen LogP contribution is 2.27. The van der Waals surface area contributed by atoms with Crippen LogP contribution >= 0.6 is 11.3 Å². The quantitative estimate of drug-likeness (QED) is 0.837. The molecule has 0 radical (unpaired) electrons. The molecular weight excluding hydrogens is 262 g/mol. The van der Waals surface area contributed by atoms with Crippen molar-refractivity contribution in [1.82, 2.24) is 5.32 Å². The van der Waals surface area contributed by atoms with Crippen LogP contribution in [-0.2, 0) is 12.8 Å². The van der Waals surface area contributed by atoms with Crippen molar-refractivity contribution in [2.75, 3.05) is 0 Å². The van der Waals surface area contributed by atoms with E-state index in [0.717, 1.165) is 0 Å². The van der Waals surface area contributed by atoms with Gasteiger partial charge >= 0.3 is 0 Å². The Morgan fingerprint density at radius 2 is 2.05 bits per heavy atom. The number of aryl methyl sites for hydroxylation is 1. The Morgan fingerprint density at radius 1 is 1.20 bits per heavy atom. The average molecular weight is 285 g/mol. The van der Waals surface area contributed by atoms with Crippen LogP contribution in [0.25, 0.3) is 0 Å². The number of benzene rings is 1. The molecule has 1 aromatic heterocycles. The van der Waals surface area contributed by atoms with E-state index in [1.165, 1.54) is 42.5 Å². The molecular formula is C18H23NS. The standard InChI is InChI=1S/C18H23NS/c1-2-6-17(18-9-5-12-20-18)19-16-11-10-14-7-3-4-8-15(14)13-16/h3-5,7-9,12,16-17,19H,2,6,10-11,13H2,1H3. The molecule has 0 saturated heterocycles. The van der Waals surface area contributed by atoms with Crippen molar-refractivity contribution in [2.45, 2.75) is 51.1 Å². The lowest BCUT2D eigenvalue weighted by atomic mass is 9.88. The van der Waals surface area contributed by atoms with Gasteiger partial charge in [-0.05, 0) is 48.3 Å². The molecule has 1 aromatic carbocycles. The first-order chi connectivity index (χ1) is 9.86. The van der Waals surface area contributed by atoms with Gasteiger partial charge in [-0.3, -0.25) is 0 Å². The summed E-state index contributed by atoms with van der Waals surface area (Å²) in [6, 6.07) is 14.5. The zero-order chi connectivity index (χ0) is 13.8. The molecule has 0 aliphatic heterocycles. The van der Waals surface area contributed by atoms with Gasteiger partial charge < -0.3 is 5.32 Å². The third-order valence-corrected chi connectivity index (χ3v) is 5.23. The van der Waals surface area contributed by atoms with Crippen LogP contribution in [0.5, 0.6) is 0 Å². The Morgan fingerprint density at radius 3 is 2.80 bits per heavy atom. The molecule has 1 heterocycles. The minimum absolute atomic E-state index is 0.537.